The van der Waals surface area contributed by atoms with Crippen LogP contribution in [0, 0.1) is 0 Å². The van der Waals surface area contributed by atoms with Crippen molar-refractivity contribution in [3.8, 4) is 0 Å². The molecule has 0 spiro atoms. The lowest BCUT2D eigenvalue weighted by Crippen LogP contribution is -2.35. The first-order chi connectivity index (χ1) is 8.04. The van der Waals surface area contributed by atoms with Crippen molar-refractivity contribution in [3.05, 3.63) is 35.9 Å². The average Bonchev–Trinajstić information content (AvgIpc) is 2.75. The van der Waals surface area contributed by atoms with E-state index >= 15 is 0 Å². The summed E-state index contributed by atoms with van der Waals surface area (Å²) in [5.41, 5.74) is 1.41. The molecule has 1 fully saturated rings. The fourth-order valence-electron chi connectivity index (χ4n) is 2.25. The highest BCUT2D eigenvalue weighted by Gasteiger charge is 2.26. The summed E-state index contributed by atoms with van der Waals surface area (Å²) in [6, 6.07) is 11.8. The maximum Gasteiger partial charge on any atom is 0.183 e. The van der Waals surface area contributed by atoms with Crippen LogP contribution in [0.2, 0.25) is 19.6 Å². The number of nitrogens with one attached hydrogen (secondary N) is 1. The van der Waals surface area contributed by atoms with Crippen molar-refractivity contribution in [1.82, 2.24) is 5.32 Å². The number of hydrogen-bond donors (Lipinski definition) is 1. The minimum absolute atomic E-state index is 0.520. The molecule has 1 aliphatic rings. The third-order valence-electron chi connectivity index (χ3n) is 3.16. The molecule has 2 atom stereocenters. The molecule has 1 saturated heterocycles. The van der Waals surface area contributed by atoms with Crippen molar-refractivity contribution in [2.45, 2.75) is 44.6 Å². The largest absolute Gasteiger partial charge is 0.416 e. The second kappa shape index (κ2) is 5.34. The second-order valence-electron chi connectivity index (χ2n) is 5.83. The highest BCUT2D eigenvalue weighted by atomic mass is 28.4. The third kappa shape index (κ3) is 3.94. The fraction of sp³-hybridized carbons (Fsp3) is 0.571. The van der Waals surface area contributed by atoms with Gasteiger partial charge in [-0.15, -0.1) is 0 Å². The minimum Gasteiger partial charge on any atom is -0.416 e. The van der Waals surface area contributed by atoms with Crippen molar-refractivity contribution in [1.29, 1.82) is 0 Å². The first-order valence-electron chi connectivity index (χ1n) is 6.49. The lowest BCUT2D eigenvalue weighted by atomic mass is 10.1. The molecule has 0 aromatic heterocycles. The topological polar surface area (TPSA) is 21.3 Å². The van der Waals surface area contributed by atoms with E-state index < -0.39 is 8.32 Å². The zero-order chi connectivity index (χ0) is 12.3. The van der Waals surface area contributed by atoms with Gasteiger partial charge in [-0.2, -0.15) is 0 Å². The third-order valence-corrected chi connectivity index (χ3v) is 4.19. The molecule has 0 bridgehead atoms. The summed E-state index contributed by atoms with van der Waals surface area (Å²) >= 11 is 0. The standard InChI is InChI=1S/C14H23NOSi/c1-17(2,3)16-11-13-9-10-14(15-13)12-7-5-4-6-8-12/h4-8,13-15H,9-11H2,1-3H3/t13-,14+/m0/s1. The Hall–Kier alpha value is -0.643. The summed E-state index contributed by atoms with van der Waals surface area (Å²) in [5, 5.41) is 3.68. The average molecular weight is 249 g/mol. The molecule has 0 aliphatic carbocycles. The Morgan fingerprint density at radius 3 is 2.53 bits per heavy atom. The van der Waals surface area contributed by atoms with Gasteiger partial charge in [0.2, 0.25) is 0 Å². The molecule has 1 N–H and O–H groups in total. The summed E-state index contributed by atoms with van der Waals surface area (Å²) in [4.78, 5) is 0. The van der Waals surface area contributed by atoms with Crippen LogP contribution in [0.5, 0.6) is 0 Å². The summed E-state index contributed by atoms with van der Waals surface area (Å²) < 4.78 is 5.97. The zero-order valence-electron chi connectivity index (χ0n) is 11.1. The lowest BCUT2D eigenvalue weighted by molar-refractivity contribution is 0.267. The van der Waals surface area contributed by atoms with Gasteiger partial charge in [0, 0.05) is 18.7 Å². The predicted molar refractivity (Wildman–Crippen MR) is 74.6 cm³/mol. The monoisotopic (exact) mass is 249 g/mol. The SMILES string of the molecule is C[Si](C)(C)OC[C@@H]1CC[C@H](c2ccccc2)N1. The Morgan fingerprint density at radius 2 is 1.88 bits per heavy atom. The molecule has 1 aliphatic heterocycles. The second-order valence-corrected chi connectivity index (χ2v) is 10.3. The zero-order valence-corrected chi connectivity index (χ0v) is 12.1. The molecule has 94 valence electrons. The number of rotatable bonds is 4. The van der Waals surface area contributed by atoms with Crippen LogP contribution < -0.4 is 5.32 Å². The van der Waals surface area contributed by atoms with Gasteiger partial charge in [-0.25, -0.2) is 0 Å². The maximum absolute atomic E-state index is 5.97. The van der Waals surface area contributed by atoms with E-state index in [1.165, 1.54) is 18.4 Å². The van der Waals surface area contributed by atoms with Crippen LogP contribution in [0.1, 0.15) is 24.4 Å². The van der Waals surface area contributed by atoms with Gasteiger partial charge in [0.25, 0.3) is 0 Å². The van der Waals surface area contributed by atoms with E-state index in [1.807, 2.05) is 0 Å². The Kier molecular flexibility index (Phi) is 4.02. The highest BCUT2D eigenvalue weighted by Crippen LogP contribution is 2.26. The summed E-state index contributed by atoms with van der Waals surface area (Å²) in [7, 11) is -1.37. The summed E-state index contributed by atoms with van der Waals surface area (Å²) in [6.45, 7) is 7.61. The molecule has 3 heteroatoms. The summed E-state index contributed by atoms with van der Waals surface area (Å²) in [5.74, 6) is 0. The highest BCUT2D eigenvalue weighted by molar-refractivity contribution is 6.69. The molecule has 1 aromatic carbocycles. The molecule has 2 nitrogen and oxygen atoms in total. The molecule has 17 heavy (non-hydrogen) atoms. The Bertz CT molecular complexity index is 347. The van der Waals surface area contributed by atoms with Crippen molar-refractivity contribution < 1.29 is 4.43 Å². The maximum atomic E-state index is 5.97. The van der Waals surface area contributed by atoms with E-state index in [-0.39, 0.29) is 0 Å². The lowest BCUT2D eigenvalue weighted by Gasteiger charge is -2.21. The van der Waals surface area contributed by atoms with E-state index in [9.17, 15) is 0 Å². The van der Waals surface area contributed by atoms with Crippen molar-refractivity contribution >= 4 is 8.32 Å². The number of benzene rings is 1. The first-order valence-corrected chi connectivity index (χ1v) is 9.90. The quantitative estimate of drug-likeness (QED) is 0.827. The molecular weight excluding hydrogens is 226 g/mol. The van der Waals surface area contributed by atoms with Crippen LogP contribution in [0.3, 0.4) is 0 Å². The van der Waals surface area contributed by atoms with E-state index in [4.69, 9.17) is 4.43 Å². The van der Waals surface area contributed by atoms with Crippen LogP contribution in [-0.2, 0) is 4.43 Å². The molecule has 1 aromatic rings. The van der Waals surface area contributed by atoms with Gasteiger partial charge in [-0.1, -0.05) is 30.3 Å². The van der Waals surface area contributed by atoms with Gasteiger partial charge in [0.15, 0.2) is 8.32 Å². The molecule has 0 amide bonds. The predicted octanol–water partition coefficient (Wildman–Crippen LogP) is 3.33. The van der Waals surface area contributed by atoms with E-state index in [1.54, 1.807) is 0 Å². The smallest absolute Gasteiger partial charge is 0.183 e. The van der Waals surface area contributed by atoms with Crippen LogP contribution in [-0.4, -0.2) is 21.0 Å². The van der Waals surface area contributed by atoms with Crippen LogP contribution >= 0.6 is 0 Å². The van der Waals surface area contributed by atoms with Gasteiger partial charge in [-0.05, 0) is 38.0 Å². The van der Waals surface area contributed by atoms with Gasteiger partial charge in [0.05, 0.1) is 0 Å². The van der Waals surface area contributed by atoms with Gasteiger partial charge >= 0.3 is 0 Å². The molecule has 1 heterocycles. The number of hydrogen-bond acceptors (Lipinski definition) is 2. The van der Waals surface area contributed by atoms with Crippen molar-refractivity contribution in [3.63, 3.8) is 0 Å². The molecule has 2 rings (SSSR count). The van der Waals surface area contributed by atoms with Crippen molar-refractivity contribution in [2.24, 2.45) is 0 Å². The van der Waals surface area contributed by atoms with Gasteiger partial charge in [-0.3, -0.25) is 0 Å². The van der Waals surface area contributed by atoms with Crippen LogP contribution in [0.25, 0.3) is 0 Å². The molecule has 0 radical (unpaired) electrons. The van der Waals surface area contributed by atoms with Crippen molar-refractivity contribution in [2.75, 3.05) is 6.61 Å². The normalized spacial score (nSPS) is 25.1. The Balaban J connectivity index is 1.84. The van der Waals surface area contributed by atoms with E-state index in [2.05, 4.69) is 55.3 Å². The van der Waals surface area contributed by atoms with Crippen LogP contribution in [0.4, 0.5) is 0 Å². The molecular formula is C14H23NOSi. The Morgan fingerprint density at radius 1 is 1.18 bits per heavy atom. The van der Waals surface area contributed by atoms with Gasteiger partial charge < -0.3 is 9.74 Å². The molecule has 0 unspecified atom stereocenters. The Labute approximate surface area is 106 Å². The first kappa shape index (κ1) is 12.8. The van der Waals surface area contributed by atoms with E-state index in [0.717, 1.165) is 6.61 Å². The molecule has 0 saturated carbocycles. The van der Waals surface area contributed by atoms with Crippen LogP contribution in [0.15, 0.2) is 30.3 Å². The summed E-state index contributed by atoms with van der Waals surface area (Å²) in [6.07, 6.45) is 2.45. The van der Waals surface area contributed by atoms with Gasteiger partial charge in [0.1, 0.15) is 0 Å². The fourth-order valence-corrected chi connectivity index (χ4v) is 2.95. The van der Waals surface area contributed by atoms with E-state index in [0.29, 0.717) is 12.1 Å². The minimum atomic E-state index is -1.37.